The fourth-order valence-electron chi connectivity index (χ4n) is 2.11. The summed E-state index contributed by atoms with van der Waals surface area (Å²) in [6.07, 6.45) is 1.90. The Bertz CT molecular complexity index is 386. The molecule has 1 aliphatic rings. The molecule has 0 spiro atoms. The van der Waals surface area contributed by atoms with Crippen LogP contribution in [0.4, 0.5) is 0 Å². The predicted octanol–water partition coefficient (Wildman–Crippen LogP) is 1.78. The minimum atomic E-state index is -0.891. The minimum absolute atomic E-state index is 0.537. The lowest BCUT2D eigenvalue weighted by Gasteiger charge is -2.37. The van der Waals surface area contributed by atoms with Crippen LogP contribution in [0.3, 0.4) is 0 Å². The van der Waals surface area contributed by atoms with Gasteiger partial charge in [0.1, 0.15) is 0 Å². The zero-order valence-electron chi connectivity index (χ0n) is 8.90. The molecule has 2 rings (SSSR count). The number of benzene rings is 1. The molecule has 0 unspecified atom stereocenters. The fourth-order valence-corrected chi connectivity index (χ4v) is 2.42. The van der Waals surface area contributed by atoms with E-state index in [-0.39, 0.29) is 0 Å². The second-order valence-electron chi connectivity index (χ2n) is 4.15. The second-order valence-corrected chi connectivity index (χ2v) is 4.56. The quantitative estimate of drug-likeness (QED) is 0.800. The number of hydrogen-bond acceptors (Lipinski definition) is 2. The van der Waals surface area contributed by atoms with Gasteiger partial charge in [-0.05, 0) is 18.9 Å². The highest BCUT2D eigenvalue weighted by Gasteiger charge is 2.34. The molecule has 1 fully saturated rings. The predicted molar refractivity (Wildman–Crippen MR) is 62.2 cm³/mol. The van der Waals surface area contributed by atoms with Gasteiger partial charge >= 0.3 is 0 Å². The van der Waals surface area contributed by atoms with Crippen LogP contribution in [0.1, 0.15) is 18.4 Å². The average Bonchev–Trinajstić information content (AvgIpc) is 2.30. The summed E-state index contributed by atoms with van der Waals surface area (Å²) in [5.41, 5.74) is -0.125. The van der Waals surface area contributed by atoms with E-state index >= 15 is 0 Å². The molecule has 1 amide bonds. The van der Waals surface area contributed by atoms with Crippen molar-refractivity contribution in [2.24, 2.45) is 0 Å². The van der Waals surface area contributed by atoms with Crippen LogP contribution in [0.5, 0.6) is 0 Å². The van der Waals surface area contributed by atoms with Crippen LogP contribution in [-0.4, -0.2) is 29.5 Å². The Labute approximate surface area is 99.6 Å². The highest BCUT2D eigenvalue weighted by Crippen LogP contribution is 2.36. The lowest BCUT2D eigenvalue weighted by Crippen LogP contribution is -2.42. The Balaban J connectivity index is 2.21. The lowest BCUT2D eigenvalue weighted by atomic mass is 9.84. The van der Waals surface area contributed by atoms with Crippen molar-refractivity contribution in [3.05, 3.63) is 34.9 Å². The van der Waals surface area contributed by atoms with Gasteiger partial charge in [0.2, 0.25) is 6.41 Å². The van der Waals surface area contributed by atoms with Crippen LogP contribution in [0.2, 0.25) is 5.02 Å². The third kappa shape index (κ3) is 2.06. The molecule has 0 atom stereocenters. The first kappa shape index (κ1) is 11.4. The maximum absolute atomic E-state index is 10.6. The number of aliphatic hydroxyl groups is 1. The largest absolute Gasteiger partial charge is 0.385 e. The van der Waals surface area contributed by atoms with E-state index in [0.717, 1.165) is 12.0 Å². The summed E-state index contributed by atoms with van der Waals surface area (Å²) in [6.45, 7) is 1.15. The van der Waals surface area contributed by atoms with Crippen molar-refractivity contribution in [2.45, 2.75) is 18.4 Å². The van der Waals surface area contributed by atoms with E-state index in [0.29, 0.717) is 31.0 Å². The van der Waals surface area contributed by atoms with Crippen LogP contribution < -0.4 is 0 Å². The number of piperidine rings is 1. The number of nitrogens with zero attached hydrogens (tertiary/aromatic N) is 1. The highest BCUT2D eigenvalue weighted by atomic mass is 35.5. The number of halogens is 1. The van der Waals surface area contributed by atoms with Gasteiger partial charge in [-0.25, -0.2) is 0 Å². The first-order valence-corrected chi connectivity index (χ1v) is 5.70. The molecular weight excluding hydrogens is 226 g/mol. The Morgan fingerprint density at radius 1 is 1.31 bits per heavy atom. The van der Waals surface area contributed by atoms with E-state index in [9.17, 15) is 9.90 Å². The number of carbonyl (C=O) groups is 1. The third-order valence-electron chi connectivity index (χ3n) is 3.15. The number of rotatable bonds is 2. The summed E-state index contributed by atoms with van der Waals surface area (Å²) in [6, 6.07) is 7.33. The standard InChI is InChI=1S/C12H14ClNO2/c13-11-4-2-1-3-10(11)12(16)5-7-14(9-15)8-6-12/h1-4,9,16H,5-8H2. The molecule has 1 aromatic carbocycles. The molecule has 1 heterocycles. The van der Waals surface area contributed by atoms with Gasteiger partial charge in [0, 0.05) is 23.7 Å². The van der Waals surface area contributed by atoms with Crippen LogP contribution in [0.15, 0.2) is 24.3 Å². The molecule has 1 aliphatic heterocycles. The van der Waals surface area contributed by atoms with Gasteiger partial charge < -0.3 is 10.0 Å². The second kappa shape index (κ2) is 4.44. The van der Waals surface area contributed by atoms with E-state index in [1.165, 1.54) is 0 Å². The fraction of sp³-hybridized carbons (Fsp3) is 0.417. The molecule has 86 valence electrons. The van der Waals surface area contributed by atoms with Crippen molar-refractivity contribution in [1.82, 2.24) is 4.90 Å². The van der Waals surface area contributed by atoms with Crippen molar-refractivity contribution < 1.29 is 9.90 Å². The van der Waals surface area contributed by atoms with Crippen molar-refractivity contribution in [3.63, 3.8) is 0 Å². The molecule has 0 aliphatic carbocycles. The van der Waals surface area contributed by atoms with Crippen LogP contribution >= 0.6 is 11.6 Å². The topological polar surface area (TPSA) is 40.5 Å². The van der Waals surface area contributed by atoms with Gasteiger partial charge in [-0.15, -0.1) is 0 Å². The Morgan fingerprint density at radius 3 is 2.50 bits per heavy atom. The third-order valence-corrected chi connectivity index (χ3v) is 3.48. The smallest absolute Gasteiger partial charge is 0.209 e. The SMILES string of the molecule is O=CN1CCC(O)(c2ccccc2Cl)CC1. The molecule has 3 nitrogen and oxygen atoms in total. The van der Waals surface area contributed by atoms with Crippen molar-refractivity contribution in [1.29, 1.82) is 0 Å². The zero-order valence-corrected chi connectivity index (χ0v) is 9.65. The molecule has 4 heteroatoms. The van der Waals surface area contributed by atoms with Gasteiger partial charge in [-0.2, -0.15) is 0 Å². The summed E-state index contributed by atoms with van der Waals surface area (Å²) in [4.78, 5) is 12.3. The van der Waals surface area contributed by atoms with Gasteiger partial charge in [-0.3, -0.25) is 4.79 Å². The van der Waals surface area contributed by atoms with E-state index in [1.807, 2.05) is 18.2 Å². The van der Waals surface area contributed by atoms with Crippen LogP contribution in [-0.2, 0) is 10.4 Å². The Morgan fingerprint density at radius 2 is 1.94 bits per heavy atom. The minimum Gasteiger partial charge on any atom is -0.385 e. The number of amides is 1. The van der Waals surface area contributed by atoms with E-state index in [2.05, 4.69) is 0 Å². The van der Waals surface area contributed by atoms with Crippen molar-refractivity contribution >= 4 is 18.0 Å². The van der Waals surface area contributed by atoms with E-state index in [4.69, 9.17) is 11.6 Å². The number of carbonyl (C=O) groups excluding carboxylic acids is 1. The summed E-state index contributed by atoms with van der Waals surface area (Å²) in [5.74, 6) is 0. The summed E-state index contributed by atoms with van der Waals surface area (Å²) in [5, 5.41) is 11.1. The molecule has 16 heavy (non-hydrogen) atoms. The summed E-state index contributed by atoms with van der Waals surface area (Å²) < 4.78 is 0. The monoisotopic (exact) mass is 239 g/mol. The van der Waals surface area contributed by atoms with Gasteiger partial charge in [0.05, 0.1) is 5.60 Å². The summed E-state index contributed by atoms with van der Waals surface area (Å²) in [7, 11) is 0. The van der Waals surface area contributed by atoms with Gasteiger partial charge in [0.15, 0.2) is 0 Å². The first-order chi connectivity index (χ1) is 7.65. The molecule has 1 saturated heterocycles. The molecule has 0 radical (unpaired) electrons. The normalized spacial score (nSPS) is 19.5. The van der Waals surface area contributed by atoms with Crippen LogP contribution in [0.25, 0.3) is 0 Å². The first-order valence-electron chi connectivity index (χ1n) is 5.32. The molecular formula is C12H14ClNO2. The van der Waals surface area contributed by atoms with E-state index in [1.54, 1.807) is 11.0 Å². The molecule has 1 aromatic rings. The van der Waals surface area contributed by atoms with Gasteiger partial charge in [-0.1, -0.05) is 29.8 Å². The molecule has 0 saturated carbocycles. The van der Waals surface area contributed by atoms with Crippen molar-refractivity contribution in [2.75, 3.05) is 13.1 Å². The summed E-state index contributed by atoms with van der Waals surface area (Å²) >= 11 is 6.07. The number of likely N-dealkylation sites (tertiary alicyclic amines) is 1. The molecule has 0 bridgehead atoms. The average molecular weight is 240 g/mol. The van der Waals surface area contributed by atoms with Crippen molar-refractivity contribution in [3.8, 4) is 0 Å². The maximum atomic E-state index is 10.6. The lowest BCUT2D eigenvalue weighted by molar-refractivity contribution is -0.122. The van der Waals surface area contributed by atoms with Crippen LogP contribution in [0, 0.1) is 0 Å². The highest BCUT2D eigenvalue weighted by molar-refractivity contribution is 6.31. The maximum Gasteiger partial charge on any atom is 0.209 e. The Hall–Kier alpha value is -1.06. The Kier molecular flexibility index (Phi) is 3.17. The van der Waals surface area contributed by atoms with E-state index < -0.39 is 5.60 Å². The molecule has 0 aromatic heterocycles. The van der Waals surface area contributed by atoms with Gasteiger partial charge in [0.25, 0.3) is 0 Å². The number of hydrogen-bond donors (Lipinski definition) is 1. The molecule has 1 N–H and O–H groups in total. The zero-order chi connectivity index (χ0) is 11.6.